The van der Waals surface area contributed by atoms with Crippen molar-refractivity contribution in [2.75, 3.05) is 13.1 Å². The standard InChI is InChI=1S/C7H13NO2.CH4/c1-6-2-4-8(5-3-6)7(9)10;/h6H,2-5H2,1H3,(H,9,10);1H4. The van der Waals surface area contributed by atoms with Gasteiger partial charge in [-0.05, 0) is 18.8 Å². The summed E-state index contributed by atoms with van der Waals surface area (Å²) in [6.07, 6.45) is 1.27. The highest BCUT2D eigenvalue weighted by Gasteiger charge is 2.18. The minimum Gasteiger partial charge on any atom is -0.465 e. The van der Waals surface area contributed by atoms with Gasteiger partial charge in [0.05, 0.1) is 0 Å². The zero-order valence-electron chi connectivity index (χ0n) is 6.21. The van der Waals surface area contributed by atoms with E-state index in [9.17, 15) is 4.79 Å². The number of carboxylic acid groups (broad SMARTS) is 1. The second-order valence-electron chi connectivity index (χ2n) is 2.95. The molecule has 1 aliphatic heterocycles. The van der Waals surface area contributed by atoms with E-state index in [2.05, 4.69) is 6.92 Å². The lowest BCUT2D eigenvalue weighted by atomic mass is 10.00. The van der Waals surface area contributed by atoms with Crippen molar-refractivity contribution in [3.05, 3.63) is 0 Å². The molecule has 0 bridgehead atoms. The number of hydrogen-bond donors (Lipinski definition) is 1. The molecule has 1 fully saturated rings. The maximum Gasteiger partial charge on any atom is 0.407 e. The number of likely N-dealkylation sites (tertiary alicyclic amines) is 1. The van der Waals surface area contributed by atoms with Gasteiger partial charge in [-0.1, -0.05) is 14.4 Å². The number of rotatable bonds is 0. The van der Waals surface area contributed by atoms with Crippen molar-refractivity contribution in [1.82, 2.24) is 4.90 Å². The Kier molecular flexibility index (Phi) is 3.93. The van der Waals surface area contributed by atoms with Crippen molar-refractivity contribution < 1.29 is 9.90 Å². The minimum absolute atomic E-state index is 0. The van der Waals surface area contributed by atoms with Crippen LogP contribution in [0.5, 0.6) is 0 Å². The Morgan fingerprint density at radius 2 is 1.91 bits per heavy atom. The van der Waals surface area contributed by atoms with Crippen LogP contribution in [0.3, 0.4) is 0 Å². The Bertz CT molecular complexity index is 128. The van der Waals surface area contributed by atoms with Crippen molar-refractivity contribution in [3.63, 3.8) is 0 Å². The lowest BCUT2D eigenvalue weighted by Gasteiger charge is -2.27. The van der Waals surface area contributed by atoms with Gasteiger partial charge in [0.15, 0.2) is 0 Å². The van der Waals surface area contributed by atoms with Gasteiger partial charge in [0.1, 0.15) is 0 Å². The van der Waals surface area contributed by atoms with Crippen LogP contribution in [-0.4, -0.2) is 29.2 Å². The summed E-state index contributed by atoms with van der Waals surface area (Å²) in [4.78, 5) is 11.9. The number of carbonyl (C=O) groups is 1. The highest BCUT2D eigenvalue weighted by molar-refractivity contribution is 5.64. The molecular formula is C8H17NO2. The molecule has 0 aromatic heterocycles. The van der Waals surface area contributed by atoms with Crippen molar-refractivity contribution in [2.45, 2.75) is 27.2 Å². The van der Waals surface area contributed by atoms with Gasteiger partial charge < -0.3 is 10.0 Å². The Hall–Kier alpha value is -0.730. The summed E-state index contributed by atoms with van der Waals surface area (Å²) in [7, 11) is 0. The molecule has 1 heterocycles. The summed E-state index contributed by atoms with van der Waals surface area (Å²) >= 11 is 0. The van der Waals surface area contributed by atoms with Gasteiger partial charge in [-0.3, -0.25) is 0 Å². The minimum atomic E-state index is -0.771. The van der Waals surface area contributed by atoms with Crippen molar-refractivity contribution >= 4 is 6.09 Å². The topological polar surface area (TPSA) is 40.5 Å². The molecule has 3 heteroatoms. The molecule has 0 unspecified atom stereocenters. The fraction of sp³-hybridized carbons (Fsp3) is 0.875. The highest BCUT2D eigenvalue weighted by Crippen LogP contribution is 2.15. The second kappa shape index (κ2) is 4.21. The van der Waals surface area contributed by atoms with Gasteiger partial charge in [0.2, 0.25) is 0 Å². The van der Waals surface area contributed by atoms with Gasteiger partial charge in [-0.25, -0.2) is 4.79 Å². The molecular weight excluding hydrogens is 142 g/mol. The predicted molar refractivity (Wildman–Crippen MR) is 44.7 cm³/mol. The molecule has 0 aromatic rings. The van der Waals surface area contributed by atoms with Gasteiger partial charge in [-0.2, -0.15) is 0 Å². The van der Waals surface area contributed by atoms with Gasteiger partial charge in [0.25, 0.3) is 0 Å². The molecule has 66 valence electrons. The quantitative estimate of drug-likeness (QED) is 0.587. The molecule has 1 N–H and O–H groups in total. The SMILES string of the molecule is C.CC1CCN(C(=O)O)CC1. The van der Waals surface area contributed by atoms with E-state index in [1.807, 2.05) is 0 Å². The molecule has 3 nitrogen and oxygen atoms in total. The lowest BCUT2D eigenvalue weighted by Crippen LogP contribution is -2.36. The molecule has 0 saturated carbocycles. The van der Waals surface area contributed by atoms with E-state index >= 15 is 0 Å². The molecule has 0 atom stereocenters. The largest absolute Gasteiger partial charge is 0.465 e. The van der Waals surface area contributed by atoms with Crippen LogP contribution in [0.15, 0.2) is 0 Å². The van der Waals surface area contributed by atoms with Crippen LogP contribution >= 0.6 is 0 Å². The molecule has 0 spiro atoms. The van der Waals surface area contributed by atoms with Crippen LogP contribution in [0, 0.1) is 5.92 Å². The number of nitrogens with zero attached hydrogens (tertiary/aromatic N) is 1. The first-order valence-corrected chi connectivity index (χ1v) is 3.68. The highest BCUT2D eigenvalue weighted by atomic mass is 16.4. The third kappa shape index (κ3) is 2.78. The second-order valence-corrected chi connectivity index (χ2v) is 2.95. The summed E-state index contributed by atoms with van der Waals surface area (Å²) in [5.74, 6) is 0.704. The zero-order chi connectivity index (χ0) is 7.56. The van der Waals surface area contributed by atoms with Crippen LogP contribution in [0.1, 0.15) is 27.2 Å². The Labute approximate surface area is 68.0 Å². The molecule has 0 radical (unpaired) electrons. The van der Waals surface area contributed by atoms with E-state index in [4.69, 9.17) is 5.11 Å². The van der Waals surface area contributed by atoms with Crippen LogP contribution in [0.25, 0.3) is 0 Å². The monoisotopic (exact) mass is 159 g/mol. The predicted octanol–water partition coefficient (Wildman–Crippen LogP) is 2.03. The van der Waals surface area contributed by atoms with Crippen LogP contribution in [-0.2, 0) is 0 Å². The fourth-order valence-electron chi connectivity index (χ4n) is 1.20. The molecule has 0 aromatic carbocycles. The summed E-state index contributed by atoms with van der Waals surface area (Å²) in [5.41, 5.74) is 0. The smallest absolute Gasteiger partial charge is 0.407 e. The number of piperidine rings is 1. The molecule has 1 amide bonds. The maximum atomic E-state index is 10.4. The summed E-state index contributed by atoms with van der Waals surface area (Å²) in [6.45, 7) is 3.60. The first-order valence-electron chi connectivity index (χ1n) is 3.68. The van der Waals surface area contributed by atoms with Crippen molar-refractivity contribution in [1.29, 1.82) is 0 Å². The van der Waals surface area contributed by atoms with Crippen molar-refractivity contribution in [3.8, 4) is 0 Å². The third-order valence-corrected chi connectivity index (χ3v) is 2.05. The molecule has 1 saturated heterocycles. The van der Waals surface area contributed by atoms with E-state index in [-0.39, 0.29) is 7.43 Å². The normalized spacial score (nSPS) is 19.2. The molecule has 0 aliphatic carbocycles. The van der Waals surface area contributed by atoms with E-state index in [1.54, 1.807) is 0 Å². The Morgan fingerprint density at radius 3 is 2.27 bits per heavy atom. The van der Waals surface area contributed by atoms with Gasteiger partial charge >= 0.3 is 6.09 Å². The lowest BCUT2D eigenvalue weighted by molar-refractivity contribution is 0.127. The van der Waals surface area contributed by atoms with Gasteiger partial charge in [-0.15, -0.1) is 0 Å². The average molecular weight is 159 g/mol. The first-order chi connectivity index (χ1) is 4.70. The average Bonchev–Trinajstić information content (AvgIpc) is 1.88. The third-order valence-electron chi connectivity index (χ3n) is 2.05. The summed E-state index contributed by atoms with van der Waals surface area (Å²) in [5, 5.41) is 8.55. The molecule has 1 rings (SSSR count). The number of hydrogen-bond acceptors (Lipinski definition) is 1. The maximum absolute atomic E-state index is 10.4. The Balaban J connectivity index is 0.000001000. The summed E-state index contributed by atoms with van der Waals surface area (Å²) in [6, 6.07) is 0. The molecule has 11 heavy (non-hydrogen) atoms. The van der Waals surface area contributed by atoms with Crippen LogP contribution in [0.2, 0.25) is 0 Å². The molecule has 1 aliphatic rings. The van der Waals surface area contributed by atoms with Crippen LogP contribution < -0.4 is 0 Å². The van der Waals surface area contributed by atoms with Crippen molar-refractivity contribution in [2.24, 2.45) is 5.92 Å². The van der Waals surface area contributed by atoms with E-state index in [1.165, 1.54) is 4.90 Å². The Morgan fingerprint density at radius 1 is 1.45 bits per heavy atom. The number of amides is 1. The fourth-order valence-corrected chi connectivity index (χ4v) is 1.20. The van der Waals surface area contributed by atoms with E-state index in [0.29, 0.717) is 5.92 Å². The first kappa shape index (κ1) is 10.3. The summed E-state index contributed by atoms with van der Waals surface area (Å²) < 4.78 is 0. The van der Waals surface area contributed by atoms with E-state index < -0.39 is 6.09 Å². The van der Waals surface area contributed by atoms with Gasteiger partial charge in [0, 0.05) is 13.1 Å². The van der Waals surface area contributed by atoms with E-state index in [0.717, 1.165) is 25.9 Å². The van der Waals surface area contributed by atoms with Crippen LogP contribution in [0.4, 0.5) is 4.79 Å². The zero-order valence-corrected chi connectivity index (χ0v) is 6.21.